The zero-order valence-corrected chi connectivity index (χ0v) is 11.8. The van der Waals surface area contributed by atoms with Gasteiger partial charge in [-0.1, -0.05) is 12.1 Å². The van der Waals surface area contributed by atoms with E-state index in [1.54, 1.807) is 11.1 Å². The van der Waals surface area contributed by atoms with Crippen molar-refractivity contribution in [3.05, 3.63) is 36.7 Å². The van der Waals surface area contributed by atoms with E-state index >= 15 is 0 Å². The summed E-state index contributed by atoms with van der Waals surface area (Å²) in [6.45, 7) is 5.39. The van der Waals surface area contributed by atoms with E-state index in [4.69, 9.17) is 4.74 Å². The summed E-state index contributed by atoms with van der Waals surface area (Å²) < 4.78 is 5.57. The zero-order chi connectivity index (χ0) is 14.4. The van der Waals surface area contributed by atoms with Crippen molar-refractivity contribution >= 4 is 5.91 Å². The summed E-state index contributed by atoms with van der Waals surface area (Å²) in [5.74, 6) is 0.688. The molecule has 2 rings (SSSR count). The number of likely N-dealkylation sites (N-methyl/N-ethyl adjacent to an activating group) is 1. The van der Waals surface area contributed by atoms with Crippen LogP contribution in [-0.2, 0) is 4.79 Å². The van der Waals surface area contributed by atoms with Crippen molar-refractivity contribution < 1.29 is 9.53 Å². The predicted molar refractivity (Wildman–Crippen MR) is 77.4 cm³/mol. The largest absolute Gasteiger partial charge is 0.484 e. The molecule has 0 spiro atoms. The Morgan fingerprint density at radius 3 is 2.75 bits per heavy atom. The first-order chi connectivity index (χ1) is 9.74. The van der Waals surface area contributed by atoms with Gasteiger partial charge < -0.3 is 9.64 Å². The van der Waals surface area contributed by atoms with Gasteiger partial charge in [0.15, 0.2) is 6.61 Å². The minimum atomic E-state index is 0.00344. The molecule has 5 nitrogen and oxygen atoms in total. The number of amides is 1. The molecule has 1 aromatic heterocycles. The van der Waals surface area contributed by atoms with Gasteiger partial charge in [0.1, 0.15) is 5.75 Å². The quantitative estimate of drug-likeness (QED) is 0.878. The van der Waals surface area contributed by atoms with E-state index in [0.29, 0.717) is 18.8 Å². The van der Waals surface area contributed by atoms with E-state index in [9.17, 15) is 4.79 Å². The molecule has 0 atom stereocenters. The minimum Gasteiger partial charge on any atom is -0.484 e. The second-order valence-corrected chi connectivity index (χ2v) is 4.37. The Hall–Kier alpha value is -2.30. The van der Waals surface area contributed by atoms with Crippen LogP contribution >= 0.6 is 0 Å². The number of hydrogen-bond donors (Lipinski definition) is 1. The number of H-pyrrole nitrogens is 1. The SMILES string of the molecule is CCN(CC)C(=O)COc1cccc(-c2cn[nH]c2)c1. The van der Waals surface area contributed by atoms with Crippen molar-refractivity contribution in [1.29, 1.82) is 0 Å². The number of aromatic amines is 1. The highest BCUT2D eigenvalue weighted by Gasteiger charge is 2.10. The van der Waals surface area contributed by atoms with Crippen molar-refractivity contribution in [2.24, 2.45) is 0 Å². The normalized spacial score (nSPS) is 10.3. The first kappa shape index (κ1) is 14.1. The summed E-state index contributed by atoms with van der Waals surface area (Å²) in [6.07, 6.45) is 3.57. The van der Waals surface area contributed by atoms with E-state index in [-0.39, 0.29) is 12.5 Å². The van der Waals surface area contributed by atoms with E-state index in [2.05, 4.69) is 10.2 Å². The van der Waals surface area contributed by atoms with Crippen LogP contribution in [0.3, 0.4) is 0 Å². The van der Waals surface area contributed by atoms with Gasteiger partial charge in [0, 0.05) is 24.8 Å². The number of hydrogen-bond acceptors (Lipinski definition) is 3. The number of carbonyl (C=O) groups is 1. The number of nitrogens with one attached hydrogen (secondary N) is 1. The van der Waals surface area contributed by atoms with Gasteiger partial charge in [-0.3, -0.25) is 9.89 Å². The molecule has 0 bridgehead atoms. The molecule has 0 saturated carbocycles. The molecule has 0 radical (unpaired) electrons. The average Bonchev–Trinajstić information content (AvgIpc) is 3.01. The van der Waals surface area contributed by atoms with Crippen molar-refractivity contribution in [1.82, 2.24) is 15.1 Å². The number of ether oxygens (including phenoxy) is 1. The van der Waals surface area contributed by atoms with E-state index in [0.717, 1.165) is 11.1 Å². The molecular formula is C15H19N3O2. The third-order valence-corrected chi connectivity index (χ3v) is 3.14. The lowest BCUT2D eigenvalue weighted by atomic mass is 10.1. The fourth-order valence-corrected chi connectivity index (χ4v) is 1.99. The van der Waals surface area contributed by atoms with Crippen LogP contribution in [-0.4, -0.2) is 40.7 Å². The third-order valence-electron chi connectivity index (χ3n) is 3.14. The molecule has 20 heavy (non-hydrogen) atoms. The van der Waals surface area contributed by atoms with Crippen molar-refractivity contribution in [3.63, 3.8) is 0 Å². The average molecular weight is 273 g/mol. The molecule has 1 N–H and O–H groups in total. The van der Waals surface area contributed by atoms with E-state index in [1.807, 2.05) is 44.3 Å². The summed E-state index contributed by atoms with van der Waals surface area (Å²) in [5.41, 5.74) is 2.00. The van der Waals surface area contributed by atoms with Gasteiger partial charge in [0.05, 0.1) is 6.20 Å². The Balaban J connectivity index is 2.00. The maximum Gasteiger partial charge on any atom is 0.260 e. The van der Waals surface area contributed by atoms with Gasteiger partial charge >= 0.3 is 0 Å². The van der Waals surface area contributed by atoms with Crippen molar-refractivity contribution in [3.8, 4) is 16.9 Å². The van der Waals surface area contributed by atoms with Gasteiger partial charge in [0.25, 0.3) is 5.91 Å². The van der Waals surface area contributed by atoms with Crippen LogP contribution in [0.25, 0.3) is 11.1 Å². The molecule has 1 aromatic carbocycles. The molecule has 1 amide bonds. The van der Waals surface area contributed by atoms with Gasteiger partial charge in [-0.25, -0.2) is 0 Å². The van der Waals surface area contributed by atoms with Gasteiger partial charge in [-0.15, -0.1) is 0 Å². The Kier molecular flexibility index (Phi) is 4.76. The second kappa shape index (κ2) is 6.75. The molecular weight excluding hydrogens is 254 g/mol. The Morgan fingerprint density at radius 1 is 1.30 bits per heavy atom. The highest BCUT2D eigenvalue weighted by Crippen LogP contribution is 2.22. The lowest BCUT2D eigenvalue weighted by molar-refractivity contribution is -0.132. The van der Waals surface area contributed by atoms with Crippen LogP contribution in [0.15, 0.2) is 36.7 Å². The van der Waals surface area contributed by atoms with Gasteiger partial charge in [-0.05, 0) is 31.5 Å². The predicted octanol–water partition coefficient (Wildman–Crippen LogP) is 2.32. The molecule has 2 aromatic rings. The lowest BCUT2D eigenvalue weighted by Crippen LogP contribution is -2.34. The lowest BCUT2D eigenvalue weighted by Gasteiger charge is -2.18. The molecule has 0 aliphatic heterocycles. The number of benzene rings is 1. The molecule has 106 valence electrons. The number of aromatic nitrogens is 2. The summed E-state index contributed by atoms with van der Waals surface area (Å²) in [5, 5.41) is 6.70. The molecule has 0 fully saturated rings. The number of nitrogens with zero attached hydrogens (tertiary/aromatic N) is 2. The fraction of sp³-hybridized carbons (Fsp3) is 0.333. The summed E-state index contributed by atoms with van der Waals surface area (Å²) in [4.78, 5) is 13.6. The van der Waals surface area contributed by atoms with Gasteiger partial charge in [-0.2, -0.15) is 5.10 Å². The van der Waals surface area contributed by atoms with Crippen molar-refractivity contribution in [2.45, 2.75) is 13.8 Å². The Morgan fingerprint density at radius 2 is 2.10 bits per heavy atom. The maximum absolute atomic E-state index is 11.9. The van der Waals surface area contributed by atoms with Crippen LogP contribution in [0.2, 0.25) is 0 Å². The van der Waals surface area contributed by atoms with E-state index in [1.165, 1.54) is 0 Å². The summed E-state index contributed by atoms with van der Waals surface area (Å²) in [6, 6.07) is 7.63. The highest BCUT2D eigenvalue weighted by atomic mass is 16.5. The van der Waals surface area contributed by atoms with Crippen LogP contribution < -0.4 is 4.74 Å². The summed E-state index contributed by atoms with van der Waals surface area (Å²) >= 11 is 0. The Bertz CT molecular complexity index is 548. The van der Waals surface area contributed by atoms with Crippen LogP contribution in [0.1, 0.15) is 13.8 Å². The zero-order valence-electron chi connectivity index (χ0n) is 11.8. The number of carbonyl (C=O) groups excluding carboxylic acids is 1. The highest BCUT2D eigenvalue weighted by molar-refractivity contribution is 5.77. The molecule has 1 heterocycles. The molecule has 0 aliphatic rings. The minimum absolute atomic E-state index is 0.00344. The standard InChI is InChI=1S/C15H19N3O2/c1-3-18(4-2)15(19)11-20-14-7-5-6-12(8-14)13-9-16-17-10-13/h5-10H,3-4,11H2,1-2H3,(H,16,17). The smallest absolute Gasteiger partial charge is 0.260 e. The van der Waals surface area contributed by atoms with Crippen LogP contribution in [0, 0.1) is 0 Å². The van der Waals surface area contributed by atoms with Gasteiger partial charge in [0.2, 0.25) is 0 Å². The monoisotopic (exact) mass is 273 g/mol. The third kappa shape index (κ3) is 3.38. The second-order valence-electron chi connectivity index (χ2n) is 4.37. The van der Waals surface area contributed by atoms with Crippen molar-refractivity contribution in [2.75, 3.05) is 19.7 Å². The first-order valence-electron chi connectivity index (χ1n) is 6.74. The Labute approximate surface area is 118 Å². The molecule has 0 aliphatic carbocycles. The molecule has 0 unspecified atom stereocenters. The fourth-order valence-electron chi connectivity index (χ4n) is 1.99. The van der Waals surface area contributed by atoms with E-state index < -0.39 is 0 Å². The number of rotatable bonds is 6. The maximum atomic E-state index is 11.9. The molecule has 5 heteroatoms. The first-order valence-corrected chi connectivity index (χ1v) is 6.74. The molecule has 0 saturated heterocycles. The topological polar surface area (TPSA) is 58.2 Å². The van der Waals surface area contributed by atoms with Crippen LogP contribution in [0.4, 0.5) is 0 Å². The summed E-state index contributed by atoms with van der Waals surface area (Å²) in [7, 11) is 0. The van der Waals surface area contributed by atoms with Crippen LogP contribution in [0.5, 0.6) is 5.75 Å².